The predicted molar refractivity (Wildman–Crippen MR) is 62.6 cm³/mol. The maximum absolute atomic E-state index is 11.1. The number of nitrogen functional groups attached to an aromatic ring is 1. The molecule has 0 atom stereocenters. The molecule has 0 fully saturated rings. The molecule has 1 aromatic rings. The second-order valence-electron chi connectivity index (χ2n) is 3.95. The summed E-state index contributed by atoms with van der Waals surface area (Å²) in [5.74, 6) is 0.928. The van der Waals surface area contributed by atoms with Crippen molar-refractivity contribution in [1.82, 2.24) is 0 Å². The van der Waals surface area contributed by atoms with E-state index in [4.69, 9.17) is 15.6 Å². The molecule has 0 radical (unpaired) electrons. The van der Waals surface area contributed by atoms with Gasteiger partial charge in [-0.3, -0.25) is 0 Å². The van der Waals surface area contributed by atoms with Crippen LogP contribution in [0.1, 0.15) is 13.8 Å². The molecule has 4 N–H and O–H groups in total. The third kappa shape index (κ3) is 3.39. The van der Waals surface area contributed by atoms with Gasteiger partial charge >= 0.3 is 0 Å². The Morgan fingerprint density at radius 2 is 2.00 bits per heavy atom. The topological polar surface area (TPSA) is 95.4 Å². The number of hydrogen-bond acceptors (Lipinski definition) is 4. The first-order chi connectivity index (χ1) is 7.30. The maximum atomic E-state index is 11.1. The zero-order valence-electron chi connectivity index (χ0n) is 9.30. The third-order valence-corrected chi connectivity index (χ3v) is 2.86. The summed E-state index contributed by atoms with van der Waals surface area (Å²) in [6.45, 7) is 4.58. The number of benzene rings is 1. The van der Waals surface area contributed by atoms with Gasteiger partial charge in [-0.2, -0.15) is 0 Å². The van der Waals surface area contributed by atoms with Crippen LogP contribution in [0.25, 0.3) is 0 Å². The molecule has 0 spiro atoms. The minimum Gasteiger partial charge on any atom is -0.493 e. The summed E-state index contributed by atoms with van der Waals surface area (Å²) in [6.07, 6.45) is 0. The highest BCUT2D eigenvalue weighted by Gasteiger charge is 2.12. The van der Waals surface area contributed by atoms with E-state index in [-0.39, 0.29) is 10.6 Å². The summed E-state index contributed by atoms with van der Waals surface area (Å²) in [5, 5.41) is 4.98. The highest BCUT2D eigenvalue weighted by atomic mass is 32.2. The zero-order chi connectivity index (χ0) is 12.3. The van der Waals surface area contributed by atoms with E-state index < -0.39 is 10.0 Å². The molecule has 1 aromatic carbocycles. The van der Waals surface area contributed by atoms with Gasteiger partial charge in [0, 0.05) is 6.07 Å². The van der Waals surface area contributed by atoms with Gasteiger partial charge in [0.05, 0.1) is 12.3 Å². The van der Waals surface area contributed by atoms with Gasteiger partial charge in [-0.1, -0.05) is 13.8 Å². The summed E-state index contributed by atoms with van der Waals surface area (Å²) < 4.78 is 27.6. The second-order valence-corrected chi connectivity index (χ2v) is 5.48. The molecule has 0 bridgehead atoms. The Morgan fingerprint density at radius 1 is 1.38 bits per heavy atom. The molecule has 0 aromatic heterocycles. The van der Waals surface area contributed by atoms with Crippen LogP contribution in [0.3, 0.4) is 0 Å². The van der Waals surface area contributed by atoms with Crippen molar-refractivity contribution in [3.63, 3.8) is 0 Å². The average molecular weight is 244 g/mol. The van der Waals surface area contributed by atoms with Crippen LogP contribution in [-0.2, 0) is 10.0 Å². The van der Waals surface area contributed by atoms with Crippen LogP contribution >= 0.6 is 0 Å². The van der Waals surface area contributed by atoms with E-state index in [9.17, 15) is 8.42 Å². The summed E-state index contributed by atoms with van der Waals surface area (Å²) in [4.78, 5) is -0.0793. The normalized spacial score (nSPS) is 11.8. The molecule has 90 valence electrons. The third-order valence-electron chi connectivity index (χ3n) is 1.87. The number of primary sulfonamides is 1. The van der Waals surface area contributed by atoms with Gasteiger partial charge in [0.2, 0.25) is 10.0 Å². The van der Waals surface area contributed by atoms with Gasteiger partial charge in [-0.05, 0) is 18.1 Å². The molecule has 0 amide bonds. The first-order valence-electron chi connectivity index (χ1n) is 4.86. The quantitative estimate of drug-likeness (QED) is 0.771. The van der Waals surface area contributed by atoms with E-state index in [1.54, 1.807) is 6.07 Å². The molecule has 0 saturated heterocycles. The Labute approximate surface area is 95.4 Å². The van der Waals surface area contributed by atoms with E-state index >= 15 is 0 Å². The van der Waals surface area contributed by atoms with Gasteiger partial charge in [0.25, 0.3) is 0 Å². The number of nitrogens with two attached hydrogens (primary N) is 2. The highest BCUT2D eigenvalue weighted by Crippen LogP contribution is 2.23. The average Bonchev–Trinajstić information content (AvgIpc) is 2.12. The van der Waals surface area contributed by atoms with Crippen molar-refractivity contribution in [2.75, 3.05) is 12.3 Å². The Bertz CT molecular complexity index is 469. The SMILES string of the molecule is CC(C)COc1ccc(S(N)(=O)=O)c(N)c1. The number of sulfonamides is 1. The fourth-order valence-corrected chi connectivity index (χ4v) is 1.78. The predicted octanol–water partition coefficient (Wildman–Crippen LogP) is 0.951. The van der Waals surface area contributed by atoms with Crippen molar-refractivity contribution < 1.29 is 13.2 Å². The Hall–Kier alpha value is -1.27. The van der Waals surface area contributed by atoms with Crippen LogP contribution in [0.4, 0.5) is 5.69 Å². The van der Waals surface area contributed by atoms with Crippen LogP contribution in [-0.4, -0.2) is 15.0 Å². The second kappa shape index (κ2) is 4.71. The number of rotatable bonds is 4. The van der Waals surface area contributed by atoms with Gasteiger partial charge in [0.1, 0.15) is 10.6 Å². The first-order valence-corrected chi connectivity index (χ1v) is 6.40. The Morgan fingerprint density at radius 3 is 2.44 bits per heavy atom. The lowest BCUT2D eigenvalue weighted by Gasteiger charge is -2.10. The number of ether oxygens (including phenoxy) is 1. The minimum absolute atomic E-state index is 0.0793. The van der Waals surface area contributed by atoms with Crippen LogP contribution in [0.15, 0.2) is 23.1 Å². The number of hydrogen-bond donors (Lipinski definition) is 2. The molecule has 0 aliphatic carbocycles. The minimum atomic E-state index is -3.76. The van der Waals surface area contributed by atoms with Crippen LogP contribution in [0.2, 0.25) is 0 Å². The Kier molecular flexibility index (Phi) is 3.77. The fourth-order valence-electron chi connectivity index (χ4n) is 1.14. The van der Waals surface area contributed by atoms with Gasteiger partial charge in [0.15, 0.2) is 0 Å². The monoisotopic (exact) mass is 244 g/mol. The van der Waals surface area contributed by atoms with E-state index in [1.807, 2.05) is 13.8 Å². The van der Waals surface area contributed by atoms with Crippen LogP contribution in [0, 0.1) is 5.92 Å². The molecule has 1 rings (SSSR count). The first kappa shape index (κ1) is 12.8. The van der Waals surface area contributed by atoms with Crippen molar-refractivity contribution in [1.29, 1.82) is 0 Å². The van der Waals surface area contributed by atoms with Crippen molar-refractivity contribution in [3.05, 3.63) is 18.2 Å². The van der Waals surface area contributed by atoms with Gasteiger partial charge in [-0.25, -0.2) is 13.6 Å². The molecule has 0 saturated carbocycles. The Balaban J connectivity index is 2.92. The summed E-state index contributed by atoms with van der Waals surface area (Å²) in [5.41, 5.74) is 5.68. The fraction of sp³-hybridized carbons (Fsp3) is 0.400. The summed E-state index contributed by atoms with van der Waals surface area (Å²) >= 11 is 0. The van der Waals surface area contributed by atoms with Gasteiger partial charge in [-0.15, -0.1) is 0 Å². The number of anilines is 1. The molecular weight excluding hydrogens is 228 g/mol. The molecule has 0 heterocycles. The molecule has 6 heteroatoms. The molecular formula is C10H16N2O3S. The smallest absolute Gasteiger partial charge is 0.240 e. The van der Waals surface area contributed by atoms with Crippen molar-refractivity contribution in [3.8, 4) is 5.75 Å². The lowest BCUT2D eigenvalue weighted by atomic mass is 10.2. The molecule has 16 heavy (non-hydrogen) atoms. The largest absolute Gasteiger partial charge is 0.493 e. The van der Waals surface area contributed by atoms with Crippen molar-refractivity contribution >= 4 is 15.7 Å². The van der Waals surface area contributed by atoms with Crippen molar-refractivity contribution in [2.45, 2.75) is 18.7 Å². The van der Waals surface area contributed by atoms with Crippen LogP contribution < -0.4 is 15.6 Å². The lowest BCUT2D eigenvalue weighted by molar-refractivity contribution is 0.271. The molecule has 5 nitrogen and oxygen atoms in total. The van der Waals surface area contributed by atoms with E-state index in [2.05, 4.69) is 0 Å². The van der Waals surface area contributed by atoms with Crippen LogP contribution in [0.5, 0.6) is 5.75 Å². The van der Waals surface area contributed by atoms with E-state index in [0.29, 0.717) is 18.3 Å². The van der Waals surface area contributed by atoms with E-state index in [1.165, 1.54) is 12.1 Å². The standard InChI is InChI=1S/C10H16N2O3S/c1-7(2)6-15-8-3-4-10(9(11)5-8)16(12,13)14/h3-5,7H,6,11H2,1-2H3,(H2,12,13,14). The molecule has 0 aliphatic heterocycles. The van der Waals surface area contributed by atoms with E-state index in [0.717, 1.165) is 0 Å². The lowest BCUT2D eigenvalue weighted by Crippen LogP contribution is -2.14. The summed E-state index contributed by atoms with van der Waals surface area (Å²) in [6, 6.07) is 4.35. The maximum Gasteiger partial charge on any atom is 0.240 e. The molecule has 0 aliphatic rings. The molecule has 0 unspecified atom stereocenters. The highest BCUT2D eigenvalue weighted by molar-refractivity contribution is 7.89. The summed E-state index contributed by atoms with van der Waals surface area (Å²) in [7, 11) is -3.76. The van der Waals surface area contributed by atoms with Gasteiger partial charge < -0.3 is 10.5 Å². The van der Waals surface area contributed by atoms with Crippen molar-refractivity contribution in [2.24, 2.45) is 11.1 Å². The zero-order valence-corrected chi connectivity index (χ0v) is 10.1.